The van der Waals surface area contributed by atoms with E-state index in [2.05, 4.69) is 20.8 Å². The lowest BCUT2D eigenvalue weighted by molar-refractivity contribution is 0.270. The lowest BCUT2D eigenvalue weighted by atomic mass is 10.1. The van der Waals surface area contributed by atoms with Gasteiger partial charge in [-0.05, 0) is 48.4 Å². The summed E-state index contributed by atoms with van der Waals surface area (Å²) >= 11 is 7.93. The van der Waals surface area contributed by atoms with Crippen LogP contribution in [0.3, 0.4) is 0 Å². The third kappa shape index (κ3) is 5.38. The van der Waals surface area contributed by atoms with Crippen LogP contribution in [0.25, 0.3) is 16.6 Å². The second-order valence-electron chi connectivity index (χ2n) is 7.99. The van der Waals surface area contributed by atoms with E-state index in [0.717, 1.165) is 28.0 Å². The second kappa shape index (κ2) is 10.7. The van der Waals surface area contributed by atoms with Gasteiger partial charge in [-0.2, -0.15) is 5.26 Å². The van der Waals surface area contributed by atoms with E-state index in [1.807, 2.05) is 67.3 Å². The summed E-state index contributed by atoms with van der Waals surface area (Å²) in [7, 11) is 0. The fraction of sp³-hybridized carbons (Fsp3) is 0.240. The Bertz CT molecular complexity index is 1350. The molecule has 4 aromatic rings. The molecule has 174 valence electrons. The van der Waals surface area contributed by atoms with Crippen molar-refractivity contribution in [2.75, 3.05) is 17.6 Å². The molecule has 0 spiro atoms. The normalized spacial score (nSPS) is 10.9. The summed E-state index contributed by atoms with van der Waals surface area (Å²) in [6.45, 7) is 4.92. The van der Waals surface area contributed by atoms with Gasteiger partial charge >= 0.3 is 0 Å². The maximum atomic E-state index is 9.65. The van der Waals surface area contributed by atoms with Gasteiger partial charge in [-0.15, -0.1) is 0 Å². The van der Waals surface area contributed by atoms with Crippen LogP contribution in [0.1, 0.15) is 25.1 Å². The summed E-state index contributed by atoms with van der Waals surface area (Å²) in [5, 5.41) is 11.1. The molecule has 0 amide bonds. The summed E-state index contributed by atoms with van der Waals surface area (Å²) in [6.07, 6.45) is 5.56. The highest BCUT2D eigenvalue weighted by Gasteiger charge is 2.14. The molecule has 0 atom stereocenters. The Kier molecular flexibility index (Phi) is 7.46. The summed E-state index contributed by atoms with van der Waals surface area (Å²) in [4.78, 5) is 8.58. The van der Waals surface area contributed by atoms with Crippen LogP contribution in [0, 0.1) is 17.2 Å². The number of fused-ring (bicyclic) bond motifs is 1. The SMILES string of the molecule is CSNc1nccc(COc2ccc3c(ccn3-c3cc(Cl)c(OCC(C)C)c(C#N)c3)c2)n1. The van der Waals surface area contributed by atoms with Crippen LogP contribution in [0.2, 0.25) is 5.02 Å². The summed E-state index contributed by atoms with van der Waals surface area (Å²) in [5.41, 5.74) is 2.95. The first kappa shape index (κ1) is 23.7. The molecule has 0 aliphatic carbocycles. The number of rotatable bonds is 9. The molecule has 4 rings (SSSR count). The van der Waals surface area contributed by atoms with Gasteiger partial charge in [0.05, 0.1) is 28.4 Å². The Labute approximate surface area is 207 Å². The molecule has 7 nitrogen and oxygen atoms in total. The van der Waals surface area contributed by atoms with E-state index < -0.39 is 0 Å². The highest BCUT2D eigenvalue weighted by molar-refractivity contribution is 7.99. The zero-order valence-corrected chi connectivity index (χ0v) is 20.7. The third-order valence-corrected chi connectivity index (χ3v) is 5.61. The number of hydrogen-bond acceptors (Lipinski definition) is 7. The number of aromatic nitrogens is 3. The van der Waals surface area contributed by atoms with Gasteiger partial charge in [0.2, 0.25) is 5.95 Å². The predicted molar refractivity (Wildman–Crippen MR) is 137 cm³/mol. The molecule has 2 aromatic carbocycles. The lowest BCUT2D eigenvalue weighted by Gasteiger charge is -2.14. The Morgan fingerprint density at radius 2 is 2.03 bits per heavy atom. The molecular weight excluding hydrogens is 470 g/mol. The number of nitrogens with one attached hydrogen (secondary N) is 1. The summed E-state index contributed by atoms with van der Waals surface area (Å²) in [5.74, 6) is 2.04. The van der Waals surface area contributed by atoms with Crippen molar-refractivity contribution in [1.82, 2.24) is 14.5 Å². The van der Waals surface area contributed by atoms with Gasteiger partial charge in [0, 0.05) is 29.7 Å². The van der Waals surface area contributed by atoms with Crippen molar-refractivity contribution in [3.63, 3.8) is 0 Å². The number of nitrogens with zero attached hydrogens (tertiary/aromatic N) is 4. The highest BCUT2D eigenvalue weighted by Crippen LogP contribution is 2.34. The molecule has 0 bridgehead atoms. The van der Waals surface area contributed by atoms with Gasteiger partial charge in [-0.25, -0.2) is 9.97 Å². The monoisotopic (exact) mass is 493 g/mol. The number of nitriles is 1. The molecule has 1 N–H and O–H groups in total. The molecular formula is C25H24ClN5O2S. The van der Waals surface area contributed by atoms with Crippen LogP contribution in [-0.2, 0) is 6.61 Å². The number of halogens is 1. The smallest absolute Gasteiger partial charge is 0.233 e. The zero-order chi connectivity index (χ0) is 24.1. The lowest BCUT2D eigenvalue weighted by Crippen LogP contribution is -2.06. The minimum absolute atomic E-state index is 0.329. The van der Waals surface area contributed by atoms with E-state index >= 15 is 0 Å². The maximum absolute atomic E-state index is 9.65. The second-order valence-corrected chi connectivity index (χ2v) is 9.01. The van der Waals surface area contributed by atoms with Gasteiger partial charge in [0.25, 0.3) is 0 Å². The van der Waals surface area contributed by atoms with E-state index in [0.29, 0.717) is 41.4 Å². The predicted octanol–water partition coefficient (Wildman–Crippen LogP) is 6.25. The topological polar surface area (TPSA) is 85.0 Å². The maximum Gasteiger partial charge on any atom is 0.233 e. The number of benzene rings is 2. The van der Waals surface area contributed by atoms with Crippen molar-refractivity contribution >= 4 is 40.4 Å². The Hall–Kier alpha value is -3.41. The van der Waals surface area contributed by atoms with Crippen molar-refractivity contribution in [3.8, 4) is 23.3 Å². The molecule has 2 aromatic heterocycles. The Morgan fingerprint density at radius 1 is 1.18 bits per heavy atom. The first-order valence-corrected chi connectivity index (χ1v) is 12.3. The molecule has 0 radical (unpaired) electrons. The Morgan fingerprint density at radius 3 is 2.79 bits per heavy atom. The van der Waals surface area contributed by atoms with Gasteiger partial charge in [-0.1, -0.05) is 37.4 Å². The minimum Gasteiger partial charge on any atom is -0.490 e. The molecule has 34 heavy (non-hydrogen) atoms. The first-order valence-electron chi connectivity index (χ1n) is 10.7. The van der Waals surface area contributed by atoms with Crippen molar-refractivity contribution in [3.05, 3.63) is 71.1 Å². The molecule has 0 unspecified atom stereocenters. The van der Waals surface area contributed by atoms with Crippen molar-refractivity contribution in [2.24, 2.45) is 5.92 Å². The number of hydrogen-bond donors (Lipinski definition) is 1. The average Bonchev–Trinajstić information content (AvgIpc) is 3.25. The fourth-order valence-electron chi connectivity index (χ4n) is 3.41. The van der Waals surface area contributed by atoms with E-state index in [1.54, 1.807) is 12.3 Å². The molecule has 0 aliphatic rings. The standard InChI is InChI=1S/C25H24ClN5O2S/c1-16(2)14-33-24-18(13-27)10-20(12-22(24)26)31-9-7-17-11-21(4-5-23(17)31)32-15-19-6-8-28-25(29-19)30-34-3/h4-12,16H,14-15H2,1-3H3,(H,28,29,30). The molecule has 0 aliphatic heterocycles. The van der Waals surface area contributed by atoms with Crippen LogP contribution < -0.4 is 14.2 Å². The number of ether oxygens (including phenoxy) is 2. The van der Waals surface area contributed by atoms with E-state index in [1.165, 1.54) is 11.9 Å². The Balaban J connectivity index is 1.56. The van der Waals surface area contributed by atoms with Crippen LogP contribution in [0.4, 0.5) is 5.95 Å². The molecule has 9 heteroatoms. The van der Waals surface area contributed by atoms with Crippen LogP contribution in [0.5, 0.6) is 11.5 Å². The van der Waals surface area contributed by atoms with Crippen molar-refractivity contribution in [2.45, 2.75) is 20.5 Å². The average molecular weight is 494 g/mol. The van der Waals surface area contributed by atoms with Gasteiger partial charge in [0.1, 0.15) is 18.4 Å². The largest absolute Gasteiger partial charge is 0.490 e. The number of anilines is 1. The van der Waals surface area contributed by atoms with Crippen molar-refractivity contribution in [1.29, 1.82) is 5.26 Å². The van der Waals surface area contributed by atoms with Gasteiger partial charge in [-0.3, -0.25) is 4.72 Å². The highest BCUT2D eigenvalue weighted by atomic mass is 35.5. The molecule has 0 saturated carbocycles. The first-order chi connectivity index (χ1) is 16.5. The molecule has 2 heterocycles. The van der Waals surface area contributed by atoms with Gasteiger partial charge in [0.15, 0.2) is 5.75 Å². The van der Waals surface area contributed by atoms with E-state index in [9.17, 15) is 5.26 Å². The van der Waals surface area contributed by atoms with Crippen LogP contribution in [-0.4, -0.2) is 27.4 Å². The fourth-order valence-corrected chi connectivity index (χ4v) is 3.96. The van der Waals surface area contributed by atoms with Gasteiger partial charge < -0.3 is 14.0 Å². The van der Waals surface area contributed by atoms with E-state index in [-0.39, 0.29) is 0 Å². The molecule has 0 saturated heterocycles. The van der Waals surface area contributed by atoms with E-state index in [4.69, 9.17) is 21.1 Å². The quantitative estimate of drug-likeness (QED) is 0.276. The minimum atomic E-state index is 0.329. The van der Waals surface area contributed by atoms with Crippen LogP contribution >= 0.6 is 23.5 Å². The summed E-state index contributed by atoms with van der Waals surface area (Å²) < 4.78 is 16.7. The third-order valence-electron chi connectivity index (χ3n) is 4.94. The van der Waals surface area contributed by atoms with Crippen LogP contribution in [0.15, 0.2) is 54.9 Å². The summed E-state index contributed by atoms with van der Waals surface area (Å²) in [6, 6.07) is 15.5. The zero-order valence-electron chi connectivity index (χ0n) is 19.1. The van der Waals surface area contributed by atoms with Crippen molar-refractivity contribution < 1.29 is 9.47 Å². The molecule has 0 fully saturated rings.